The van der Waals surface area contributed by atoms with Gasteiger partial charge in [-0.3, -0.25) is 0 Å². The lowest BCUT2D eigenvalue weighted by Crippen LogP contribution is -1.97. The molecule has 1 aromatic heterocycles. The van der Waals surface area contributed by atoms with Gasteiger partial charge in [-0.25, -0.2) is 4.39 Å². The lowest BCUT2D eigenvalue weighted by molar-refractivity contribution is 0.386. The summed E-state index contributed by atoms with van der Waals surface area (Å²) in [7, 11) is 1.45. The van der Waals surface area contributed by atoms with Crippen molar-refractivity contribution < 1.29 is 9.13 Å². The Morgan fingerprint density at radius 1 is 1.41 bits per heavy atom. The molecule has 2 aromatic rings. The Kier molecular flexibility index (Phi) is 2.31. The van der Waals surface area contributed by atoms with Gasteiger partial charge < -0.3 is 9.30 Å². The first-order chi connectivity index (χ1) is 8.29. The molecule has 0 aliphatic heterocycles. The van der Waals surface area contributed by atoms with Crippen LogP contribution in [-0.2, 0) is 0 Å². The van der Waals surface area contributed by atoms with Gasteiger partial charge in [-0.05, 0) is 31.0 Å². The molecule has 0 radical (unpaired) electrons. The van der Waals surface area contributed by atoms with E-state index in [2.05, 4.69) is 10.2 Å². The highest BCUT2D eigenvalue weighted by molar-refractivity contribution is 5.58. The maximum atomic E-state index is 13.3. The summed E-state index contributed by atoms with van der Waals surface area (Å²) in [4.78, 5) is 0. The monoisotopic (exact) mass is 233 g/mol. The van der Waals surface area contributed by atoms with E-state index >= 15 is 0 Å². The van der Waals surface area contributed by atoms with Crippen LogP contribution in [0.5, 0.6) is 5.75 Å². The van der Waals surface area contributed by atoms with Crippen molar-refractivity contribution in [1.82, 2.24) is 14.8 Å². The molecule has 1 fully saturated rings. The molecule has 0 amide bonds. The van der Waals surface area contributed by atoms with Gasteiger partial charge in [0.2, 0.25) is 0 Å². The zero-order valence-electron chi connectivity index (χ0n) is 9.43. The van der Waals surface area contributed by atoms with Gasteiger partial charge in [0.1, 0.15) is 6.33 Å². The second-order valence-electron chi connectivity index (χ2n) is 4.14. The number of hydrogen-bond donors (Lipinski definition) is 0. The molecule has 0 spiro atoms. The van der Waals surface area contributed by atoms with Crippen molar-refractivity contribution in [3.8, 4) is 17.1 Å². The quantitative estimate of drug-likeness (QED) is 0.817. The van der Waals surface area contributed by atoms with E-state index in [1.807, 2.05) is 4.57 Å². The summed E-state index contributed by atoms with van der Waals surface area (Å²) in [6.07, 6.45) is 4.04. The molecule has 5 heteroatoms. The van der Waals surface area contributed by atoms with Crippen molar-refractivity contribution in [1.29, 1.82) is 0 Å². The van der Waals surface area contributed by atoms with Crippen LogP contribution in [0, 0.1) is 5.82 Å². The Hall–Kier alpha value is -1.91. The van der Waals surface area contributed by atoms with Crippen LogP contribution in [-0.4, -0.2) is 21.9 Å². The van der Waals surface area contributed by atoms with Crippen LogP contribution in [0.4, 0.5) is 4.39 Å². The lowest BCUT2D eigenvalue weighted by Gasteiger charge is -2.07. The van der Waals surface area contributed by atoms with Gasteiger partial charge in [-0.15, -0.1) is 10.2 Å². The average molecular weight is 233 g/mol. The third kappa shape index (κ3) is 1.77. The van der Waals surface area contributed by atoms with Crippen LogP contribution in [0.25, 0.3) is 11.4 Å². The Bertz CT molecular complexity index is 548. The molecule has 1 aliphatic carbocycles. The molecule has 17 heavy (non-hydrogen) atoms. The van der Waals surface area contributed by atoms with E-state index in [9.17, 15) is 4.39 Å². The Morgan fingerprint density at radius 3 is 2.94 bits per heavy atom. The Labute approximate surface area is 98.0 Å². The minimum absolute atomic E-state index is 0.229. The molecule has 0 N–H and O–H groups in total. The van der Waals surface area contributed by atoms with Crippen LogP contribution < -0.4 is 4.74 Å². The van der Waals surface area contributed by atoms with Crippen LogP contribution >= 0.6 is 0 Å². The summed E-state index contributed by atoms with van der Waals surface area (Å²) in [6.45, 7) is 0. The van der Waals surface area contributed by atoms with Gasteiger partial charge in [0, 0.05) is 11.6 Å². The second kappa shape index (κ2) is 3.84. The lowest BCUT2D eigenvalue weighted by atomic mass is 10.2. The van der Waals surface area contributed by atoms with Gasteiger partial charge in [-0.2, -0.15) is 0 Å². The predicted molar refractivity (Wildman–Crippen MR) is 60.2 cm³/mol. The standard InChI is InChI=1S/C12H12FN3O/c1-17-11-6-8(2-5-10(11)13)12-15-14-7-16(12)9-3-4-9/h2,5-7,9H,3-4H2,1H3. The second-order valence-corrected chi connectivity index (χ2v) is 4.14. The third-order valence-electron chi connectivity index (χ3n) is 2.92. The zero-order chi connectivity index (χ0) is 11.8. The molecule has 1 aromatic carbocycles. The van der Waals surface area contributed by atoms with E-state index in [0.29, 0.717) is 6.04 Å². The SMILES string of the molecule is COc1cc(-c2nncn2C2CC2)ccc1F. The number of nitrogens with zero attached hydrogens (tertiary/aromatic N) is 3. The Morgan fingerprint density at radius 2 is 2.24 bits per heavy atom. The molecular formula is C12H12FN3O. The highest BCUT2D eigenvalue weighted by atomic mass is 19.1. The van der Waals surface area contributed by atoms with Gasteiger partial charge in [-0.1, -0.05) is 0 Å². The fourth-order valence-corrected chi connectivity index (χ4v) is 1.87. The van der Waals surface area contributed by atoms with Crippen LogP contribution in [0.2, 0.25) is 0 Å². The highest BCUT2D eigenvalue weighted by Gasteiger charge is 2.26. The smallest absolute Gasteiger partial charge is 0.165 e. The molecule has 0 atom stereocenters. The zero-order valence-corrected chi connectivity index (χ0v) is 9.43. The van der Waals surface area contributed by atoms with Crippen LogP contribution in [0.1, 0.15) is 18.9 Å². The van der Waals surface area contributed by atoms with Crippen molar-refractivity contribution in [3.05, 3.63) is 30.3 Å². The molecule has 0 unspecified atom stereocenters. The normalized spacial score (nSPS) is 14.9. The number of methoxy groups -OCH3 is 1. The topological polar surface area (TPSA) is 39.9 Å². The third-order valence-corrected chi connectivity index (χ3v) is 2.92. The van der Waals surface area contributed by atoms with Gasteiger partial charge >= 0.3 is 0 Å². The fraction of sp³-hybridized carbons (Fsp3) is 0.333. The van der Waals surface area contributed by atoms with E-state index in [0.717, 1.165) is 24.2 Å². The molecule has 1 heterocycles. The molecule has 0 bridgehead atoms. The maximum absolute atomic E-state index is 13.3. The van der Waals surface area contributed by atoms with Crippen molar-refractivity contribution in [2.75, 3.05) is 7.11 Å². The molecule has 3 rings (SSSR count). The average Bonchev–Trinajstić information content (AvgIpc) is 3.08. The number of aromatic nitrogens is 3. The first-order valence-corrected chi connectivity index (χ1v) is 5.53. The molecule has 0 saturated heterocycles. The largest absolute Gasteiger partial charge is 0.494 e. The van der Waals surface area contributed by atoms with E-state index in [-0.39, 0.29) is 11.6 Å². The van der Waals surface area contributed by atoms with E-state index in [4.69, 9.17) is 4.74 Å². The minimum Gasteiger partial charge on any atom is -0.494 e. The van der Waals surface area contributed by atoms with Crippen molar-refractivity contribution >= 4 is 0 Å². The van der Waals surface area contributed by atoms with E-state index in [1.54, 1.807) is 18.5 Å². The van der Waals surface area contributed by atoms with Crippen molar-refractivity contribution in [2.24, 2.45) is 0 Å². The summed E-state index contributed by atoms with van der Waals surface area (Å²) in [5, 5.41) is 8.00. The van der Waals surface area contributed by atoms with Crippen LogP contribution in [0.15, 0.2) is 24.5 Å². The van der Waals surface area contributed by atoms with Crippen molar-refractivity contribution in [3.63, 3.8) is 0 Å². The molecule has 88 valence electrons. The van der Waals surface area contributed by atoms with Crippen LogP contribution in [0.3, 0.4) is 0 Å². The summed E-state index contributed by atoms with van der Waals surface area (Å²) >= 11 is 0. The number of rotatable bonds is 3. The predicted octanol–water partition coefficient (Wildman–Crippen LogP) is 2.43. The van der Waals surface area contributed by atoms with E-state index in [1.165, 1.54) is 13.2 Å². The summed E-state index contributed by atoms with van der Waals surface area (Å²) in [5.74, 6) is 0.632. The van der Waals surface area contributed by atoms with Crippen molar-refractivity contribution in [2.45, 2.75) is 18.9 Å². The number of ether oxygens (including phenoxy) is 1. The number of hydrogen-bond acceptors (Lipinski definition) is 3. The highest BCUT2D eigenvalue weighted by Crippen LogP contribution is 2.38. The first-order valence-electron chi connectivity index (χ1n) is 5.53. The van der Waals surface area contributed by atoms with Gasteiger partial charge in [0.25, 0.3) is 0 Å². The molecular weight excluding hydrogens is 221 g/mol. The maximum Gasteiger partial charge on any atom is 0.165 e. The summed E-state index contributed by atoms with van der Waals surface area (Å²) < 4.78 is 20.3. The first kappa shape index (κ1) is 10.3. The molecule has 1 aliphatic rings. The summed E-state index contributed by atoms with van der Waals surface area (Å²) in [6, 6.07) is 5.23. The number of benzene rings is 1. The fourth-order valence-electron chi connectivity index (χ4n) is 1.87. The molecule has 4 nitrogen and oxygen atoms in total. The minimum atomic E-state index is -0.367. The van der Waals surface area contributed by atoms with E-state index < -0.39 is 0 Å². The molecule has 1 saturated carbocycles. The van der Waals surface area contributed by atoms with Gasteiger partial charge in [0.05, 0.1) is 7.11 Å². The summed E-state index contributed by atoms with van der Waals surface area (Å²) in [5.41, 5.74) is 0.827. The number of halogens is 1. The Balaban J connectivity index is 2.05. The van der Waals surface area contributed by atoms with Gasteiger partial charge in [0.15, 0.2) is 17.4 Å².